The second-order valence-electron chi connectivity index (χ2n) is 5.39. The molecular weight excluding hydrogens is 300 g/mol. The summed E-state index contributed by atoms with van der Waals surface area (Å²) in [5.74, 6) is 0.699. The van der Waals surface area contributed by atoms with Crippen LogP contribution in [0.1, 0.15) is 36.0 Å². The molecule has 0 saturated heterocycles. The van der Waals surface area contributed by atoms with Gasteiger partial charge >= 0.3 is 0 Å². The van der Waals surface area contributed by atoms with Crippen LogP contribution in [0.3, 0.4) is 0 Å². The van der Waals surface area contributed by atoms with Gasteiger partial charge in [0, 0.05) is 36.8 Å². The van der Waals surface area contributed by atoms with Crippen molar-refractivity contribution in [3.05, 3.63) is 34.9 Å². The summed E-state index contributed by atoms with van der Waals surface area (Å²) in [6.07, 6.45) is 4.97. The van der Waals surface area contributed by atoms with E-state index in [1.807, 2.05) is 0 Å². The van der Waals surface area contributed by atoms with Crippen molar-refractivity contribution in [1.82, 2.24) is 16.0 Å². The van der Waals surface area contributed by atoms with E-state index >= 15 is 0 Å². The highest BCUT2D eigenvalue weighted by atomic mass is 35.5. The maximum atomic E-state index is 11.9. The van der Waals surface area contributed by atoms with Crippen LogP contribution in [0, 0.1) is 0 Å². The van der Waals surface area contributed by atoms with Crippen molar-refractivity contribution in [3.8, 4) is 0 Å². The molecule has 0 radical (unpaired) electrons. The quantitative estimate of drug-likeness (QED) is 0.442. The Morgan fingerprint density at radius 2 is 1.82 bits per heavy atom. The molecule has 0 atom stereocenters. The van der Waals surface area contributed by atoms with Crippen LogP contribution < -0.4 is 16.0 Å². The molecule has 120 valence electrons. The van der Waals surface area contributed by atoms with E-state index < -0.39 is 0 Å². The van der Waals surface area contributed by atoms with Gasteiger partial charge in [-0.25, -0.2) is 0 Å². The Kier molecular flexibility index (Phi) is 6.52. The summed E-state index contributed by atoms with van der Waals surface area (Å²) in [7, 11) is 1.76. The van der Waals surface area contributed by atoms with E-state index in [0.717, 1.165) is 5.96 Å². The molecule has 0 aliphatic heterocycles. The number of rotatable bonds is 5. The molecule has 0 aromatic heterocycles. The standard InChI is InChI=1S/C16H23ClN4O/c1-18-16(21-14-4-2-3-5-14)20-11-10-19-15(22)12-6-8-13(17)9-7-12/h6-9,14H,2-5,10-11H2,1H3,(H,19,22)(H2,18,20,21). The monoisotopic (exact) mass is 322 g/mol. The average Bonchev–Trinajstić information content (AvgIpc) is 3.03. The fourth-order valence-electron chi connectivity index (χ4n) is 2.52. The van der Waals surface area contributed by atoms with Gasteiger partial charge in [-0.15, -0.1) is 0 Å². The van der Waals surface area contributed by atoms with Crippen LogP contribution in [-0.2, 0) is 0 Å². The molecule has 22 heavy (non-hydrogen) atoms. The van der Waals surface area contributed by atoms with Gasteiger partial charge in [0.2, 0.25) is 0 Å². The zero-order chi connectivity index (χ0) is 15.8. The first-order chi connectivity index (χ1) is 10.7. The summed E-state index contributed by atoms with van der Waals surface area (Å²) in [5, 5.41) is 10.1. The summed E-state index contributed by atoms with van der Waals surface area (Å²) in [6.45, 7) is 1.17. The number of hydrogen-bond acceptors (Lipinski definition) is 2. The van der Waals surface area contributed by atoms with Crippen molar-refractivity contribution >= 4 is 23.5 Å². The number of carbonyl (C=O) groups is 1. The second-order valence-corrected chi connectivity index (χ2v) is 5.82. The summed E-state index contributed by atoms with van der Waals surface area (Å²) in [6, 6.07) is 7.37. The first-order valence-electron chi connectivity index (χ1n) is 7.70. The highest BCUT2D eigenvalue weighted by Gasteiger charge is 2.15. The third kappa shape index (κ3) is 5.22. The van der Waals surface area contributed by atoms with Gasteiger partial charge in [-0.2, -0.15) is 0 Å². The topological polar surface area (TPSA) is 65.5 Å². The fraction of sp³-hybridized carbons (Fsp3) is 0.500. The molecule has 1 aromatic rings. The van der Waals surface area contributed by atoms with Gasteiger partial charge in [-0.1, -0.05) is 24.4 Å². The first kappa shape index (κ1) is 16.6. The van der Waals surface area contributed by atoms with E-state index in [1.54, 1.807) is 31.3 Å². The summed E-state index contributed by atoms with van der Waals surface area (Å²) in [5.41, 5.74) is 0.609. The van der Waals surface area contributed by atoms with Crippen LogP contribution in [0.5, 0.6) is 0 Å². The number of aliphatic imine (C=N–C) groups is 1. The van der Waals surface area contributed by atoms with Crippen molar-refractivity contribution < 1.29 is 4.79 Å². The molecule has 1 fully saturated rings. The second kappa shape index (κ2) is 8.63. The molecule has 0 bridgehead atoms. The van der Waals surface area contributed by atoms with Crippen molar-refractivity contribution in [3.63, 3.8) is 0 Å². The van der Waals surface area contributed by atoms with E-state index in [9.17, 15) is 4.79 Å². The largest absolute Gasteiger partial charge is 0.355 e. The molecule has 0 heterocycles. The van der Waals surface area contributed by atoms with Gasteiger partial charge in [0.05, 0.1) is 0 Å². The highest BCUT2D eigenvalue weighted by molar-refractivity contribution is 6.30. The van der Waals surface area contributed by atoms with Crippen molar-refractivity contribution in [2.45, 2.75) is 31.7 Å². The Hall–Kier alpha value is -1.75. The summed E-state index contributed by atoms with van der Waals surface area (Å²) in [4.78, 5) is 16.1. The van der Waals surface area contributed by atoms with Crippen LogP contribution >= 0.6 is 11.6 Å². The van der Waals surface area contributed by atoms with E-state index in [2.05, 4.69) is 20.9 Å². The van der Waals surface area contributed by atoms with Crippen LogP contribution in [0.15, 0.2) is 29.3 Å². The van der Waals surface area contributed by atoms with Crippen molar-refractivity contribution in [2.24, 2.45) is 4.99 Å². The molecule has 1 aromatic carbocycles. The fourth-order valence-corrected chi connectivity index (χ4v) is 2.64. The highest BCUT2D eigenvalue weighted by Crippen LogP contribution is 2.17. The maximum absolute atomic E-state index is 11.9. The maximum Gasteiger partial charge on any atom is 0.251 e. The molecular formula is C16H23ClN4O. The lowest BCUT2D eigenvalue weighted by molar-refractivity contribution is 0.0954. The van der Waals surface area contributed by atoms with Crippen molar-refractivity contribution in [2.75, 3.05) is 20.1 Å². The zero-order valence-electron chi connectivity index (χ0n) is 12.9. The van der Waals surface area contributed by atoms with Crippen LogP contribution in [0.25, 0.3) is 0 Å². The predicted octanol–water partition coefficient (Wildman–Crippen LogP) is 2.18. The molecule has 6 heteroatoms. The van der Waals surface area contributed by atoms with Gasteiger partial charge in [0.15, 0.2) is 5.96 Å². The molecule has 1 aliphatic rings. The Bertz CT molecular complexity index is 509. The molecule has 1 amide bonds. The smallest absolute Gasteiger partial charge is 0.251 e. The van der Waals surface area contributed by atoms with Gasteiger partial charge in [0.1, 0.15) is 0 Å². The lowest BCUT2D eigenvalue weighted by Crippen LogP contribution is -2.44. The SMILES string of the molecule is CN=C(NCCNC(=O)c1ccc(Cl)cc1)NC1CCCC1. The van der Waals surface area contributed by atoms with Gasteiger partial charge in [0.25, 0.3) is 5.91 Å². The molecule has 1 saturated carbocycles. The van der Waals surface area contributed by atoms with E-state index in [0.29, 0.717) is 29.7 Å². The minimum Gasteiger partial charge on any atom is -0.355 e. The normalized spacial score (nSPS) is 15.6. The average molecular weight is 323 g/mol. The van der Waals surface area contributed by atoms with Crippen LogP contribution in [-0.4, -0.2) is 38.0 Å². The molecule has 0 spiro atoms. The Morgan fingerprint density at radius 3 is 2.45 bits per heavy atom. The van der Waals surface area contributed by atoms with E-state index in [-0.39, 0.29) is 5.91 Å². The number of carbonyl (C=O) groups excluding carboxylic acids is 1. The number of halogens is 1. The number of nitrogens with zero attached hydrogens (tertiary/aromatic N) is 1. The number of guanidine groups is 1. The predicted molar refractivity (Wildman–Crippen MR) is 90.5 cm³/mol. The first-order valence-corrected chi connectivity index (χ1v) is 8.08. The van der Waals surface area contributed by atoms with Gasteiger partial charge in [-0.3, -0.25) is 9.79 Å². The third-order valence-electron chi connectivity index (χ3n) is 3.73. The van der Waals surface area contributed by atoms with E-state index in [4.69, 9.17) is 11.6 Å². The number of amides is 1. The lowest BCUT2D eigenvalue weighted by atomic mass is 10.2. The number of hydrogen-bond donors (Lipinski definition) is 3. The van der Waals surface area contributed by atoms with Crippen LogP contribution in [0.2, 0.25) is 5.02 Å². The molecule has 1 aliphatic carbocycles. The Morgan fingerprint density at radius 1 is 1.18 bits per heavy atom. The zero-order valence-corrected chi connectivity index (χ0v) is 13.6. The third-order valence-corrected chi connectivity index (χ3v) is 3.98. The van der Waals surface area contributed by atoms with Crippen molar-refractivity contribution in [1.29, 1.82) is 0 Å². The number of nitrogens with one attached hydrogen (secondary N) is 3. The van der Waals surface area contributed by atoms with Gasteiger partial charge in [-0.05, 0) is 37.1 Å². The Labute approximate surface area is 136 Å². The minimum atomic E-state index is -0.0998. The van der Waals surface area contributed by atoms with Crippen LogP contribution in [0.4, 0.5) is 0 Å². The molecule has 0 unspecified atom stereocenters. The minimum absolute atomic E-state index is 0.0998. The summed E-state index contributed by atoms with van der Waals surface area (Å²) < 4.78 is 0. The lowest BCUT2D eigenvalue weighted by Gasteiger charge is -2.16. The van der Waals surface area contributed by atoms with E-state index in [1.165, 1.54) is 25.7 Å². The van der Waals surface area contributed by atoms with Gasteiger partial charge < -0.3 is 16.0 Å². The summed E-state index contributed by atoms with van der Waals surface area (Å²) >= 11 is 5.80. The molecule has 2 rings (SSSR count). The number of benzene rings is 1. The molecule has 3 N–H and O–H groups in total. The Balaban J connectivity index is 1.67. The molecule has 5 nitrogen and oxygen atoms in total.